The van der Waals surface area contributed by atoms with Gasteiger partial charge < -0.3 is 20.4 Å². The van der Waals surface area contributed by atoms with Gasteiger partial charge in [-0.25, -0.2) is 15.0 Å². The van der Waals surface area contributed by atoms with Crippen LogP contribution in [-0.4, -0.2) is 53.1 Å². The molecule has 6 rings (SSSR count). The number of fused-ring (bicyclic) bond motifs is 1. The maximum atomic E-state index is 4.82. The Morgan fingerprint density at radius 1 is 1.00 bits per heavy atom. The minimum absolute atomic E-state index is 0.0967. The van der Waals surface area contributed by atoms with Gasteiger partial charge >= 0.3 is 0 Å². The molecule has 0 spiro atoms. The first-order valence-corrected chi connectivity index (χ1v) is 15.0. The van der Waals surface area contributed by atoms with Crippen molar-refractivity contribution in [1.82, 2.24) is 25.2 Å². The van der Waals surface area contributed by atoms with Crippen molar-refractivity contribution in [3.05, 3.63) is 101 Å². The quantitative estimate of drug-likeness (QED) is 0.207. The number of nitrogens with zero attached hydrogens (tertiary/aromatic N) is 5. The third-order valence-electron chi connectivity index (χ3n) is 7.50. The highest BCUT2D eigenvalue weighted by Gasteiger charge is 2.28. The second-order valence-electron chi connectivity index (χ2n) is 11.1. The lowest BCUT2D eigenvalue weighted by Gasteiger charge is -2.40. The first-order valence-electron chi connectivity index (χ1n) is 14.2. The number of hydrogen-bond acceptors (Lipinski definition) is 8. The van der Waals surface area contributed by atoms with Crippen molar-refractivity contribution in [2.45, 2.75) is 39.0 Å². The highest BCUT2D eigenvalue weighted by molar-refractivity contribution is 7.15. The first-order chi connectivity index (χ1) is 19.9. The van der Waals surface area contributed by atoms with Crippen LogP contribution in [0.1, 0.15) is 34.8 Å². The zero-order chi connectivity index (χ0) is 28.3. The van der Waals surface area contributed by atoms with E-state index in [2.05, 4.69) is 119 Å². The van der Waals surface area contributed by atoms with Crippen LogP contribution in [0.2, 0.25) is 0 Å². The molecule has 0 aliphatic carbocycles. The number of aryl methyl sites for hydroxylation is 1. The molecular formula is C33H37N7S. The minimum atomic E-state index is 0.0967. The van der Waals surface area contributed by atoms with Crippen LogP contribution in [0.4, 0.5) is 11.6 Å². The Balaban J connectivity index is 1.17. The lowest BCUT2D eigenvalue weighted by atomic mass is 10.1. The maximum absolute atomic E-state index is 4.82. The zero-order valence-corrected chi connectivity index (χ0v) is 24.9. The largest absolute Gasteiger partial charge is 0.362 e. The number of benzene rings is 2. The molecular weight excluding hydrogens is 526 g/mol. The van der Waals surface area contributed by atoms with Gasteiger partial charge in [0.2, 0.25) is 0 Å². The van der Waals surface area contributed by atoms with E-state index in [4.69, 9.17) is 9.97 Å². The number of nitrogens with one attached hydrogen (secondary N) is 2. The summed E-state index contributed by atoms with van der Waals surface area (Å²) in [6.45, 7) is 7.81. The summed E-state index contributed by atoms with van der Waals surface area (Å²) >= 11 is 1.84. The number of aromatic nitrogens is 3. The van der Waals surface area contributed by atoms with Crippen LogP contribution in [-0.2, 0) is 13.1 Å². The van der Waals surface area contributed by atoms with E-state index in [1.807, 2.05) is 24.5 Å². The van der Waals surface area contributed by atoms with Gasteiger partial charge in [-0.2, -0.15) is 0 Å². The Morgan fingerprint density at radius 2 is 1.78 bits per heavy atom. The van der Waals surface area contributed by atoms with Crippen molar-refractivity contribution in [2.75, 3.05) is 37.4 Å². The Hall–Kier alpha value is -3.85. The van der Waals surface area contributed by atoms with Crippen molar-refractivity contribution in [2.24, 2.45) is 0 Å². The van der Waals surface area contributed by atoms with E-state index >= 15 is 0 Å². The van der Waals surface area contributed by atoms with Gasteiger partial charge in [-0.05, 0) is 62.8 Å². The minimum Gasteiger partial charge on any atom is -0.362 e. The molecule has 1 atom stereocenters. The van der Waals surface area contributed by atoms with E-state index in [1.165, 1.54) is 26.4 Å². The topological polar surface area (TPSA) is 69.2 Å². The summed E-state index contributed by atoms with van der Waals surface area (Å²) in [6.07, 6.45) is 1.88. The number of pyridine rings is 1. The highest BCUT2D eigenvalue weighted by Crippen LogP contribution is 2.36. The highest BCUT2D eigenvalue weighted by atomic mass is 32.1. The van der Waals surface area contributed by atoms with Crippen LogP contribution in [0.25, 0.3) is 21.3 Å². The normalized spacial score (nSPS) is 14.4. The molecule has 5 aromatic rings. The fourth-order valence-corrected chi connectivity index (χ4v) is 6.39. The van der Waals surface area contributed by atoms with E-state index in [9.17, 15) is 0 Å². The Bertz CT molecular complexity index is 1630. The summed E-state index contributed by atoms with van der Waals surface area (Å²) in [6, 6.07) is 26.4. The number of hydrogen-bond donors (Lipinski definition) is 2. The van der Waals surface area contributed by atoms with E-state index < -0.39 is 0 Å². The van der Waals surface area contributed by atoms with E-state index in [1.54, 1.807) is 0 Å². The monoisotopic (exact) mass is 563 g/mol. The molecule has 2 aromatic carbocycles. The van der Waals surface area contributed by atoms with Crippen LogP contribution in [0.3, 0.4) is 0 Å². The standard InChI is InChI=1S/C33H37N7S/c1-22(30-14-15-31(41-30)27-13-9-8-12-25(27)19-39(3)4)36-33-28-16-32(35-18-29(28)37-23(2)38-33)40-20-26(21-40)34-17-24-10-6-5-7-11-24/h5-16,18,22,26,34H,17,19-21H2,1-4H3,(H,36,37,38). The van der Waals surface area contributed by atoms with Gasteiger partial charge in [0.25, 0.3) is 0 Å². The van der Waals surface area contributed by atoms with Gasteiger partial charge in [0.05, 0.1) is 17.8 Å². The molecule has 210 valence electrons. The van der Waals surface area contributed by atoms with Crippen molar-refractivity contribution >= 4 is 33.9 Å². The molecule has 0 bridgehead atoms. The second-order valence-corrected chi connectivity index (χ2v) is 12.2. The van der Waals surface area contributed by atoms with Gasteiger partial charge in [0, 0.05) is 47.4 Å². The molecule has 0 amide bonds. The average Bonchev–Trinajstić information content (AvgIpc) is 3.43. The van der Waals surface area contributed by atoms with Crippen molar-refractivity contribution < 1.29 is 0 Å². The van der Waals surface area contributed by atoms with Crippen LogP contribution < -0.4 is 15.5 Å². The summed E-state index contributed by atoms with van der Waals surface area (Å²) in [5.41, 5.74) is 4.81. The predicted molar refractivity (Wildman–Crippen MR) is 171 cm³/mol. The third kappa shape index (κ3) is 6.25. The second kappa shape index (κ2) is 11.9. The van der Waals surface area contributed by atoms with Gasteiger partial charge in [0.1, 0.15) is 17.5 Å². The average molecular weight is 564 g/mol. The summed E-state index contributed by atoms with van der Waals surface area (Å²) in [5.74, 6) is 2.56. The molecule has 7 nitrogen and oxygen atoms in total. The molecule has 1 fully saturated rings. The van der Waals surface area contributed by atoms with E-state index in [0.29, 0.717) is 6.04 Å². The van der Waals surface area contributed by atoms with Gasteiger partial charge in [-0.3, -0.25) is 0 Å². The van der Waals surface area contributed by atoms with Crippen LogP contribution >= 0.6 is 11.3 Å². The van der Waals surface area contributed by atoms with Gasteiger partial charge in [-0.1, -0.05) is 54.6 Å². The molecule has 41 heavy (non-hydrogen) atoms. The lowest BCUT2D eigenvalue weighted by Crippen LogP contribution is -2.58. The molecule has 1 aliphatic heterocycles. The molecule has 1 aliphatic rings. The first kappa shape index (κ1) is 27.3. The van der Waals surface area contributed by atoms with Gasteiger partial charge in [-0.15, -0.1) is 11.3 Å². The molecule has 1 unspecified atom stereocenters. The molecule has 8 heteroatoms. The van der Waals surface area contributed by atoms with E-state index in [-0.39, 0.29) is 6.04 Å². The Labute approximate surface area is 246 Å². The summed E-state index contributed by atoms with van der Waals surface area (Å²) in [4.78, 5) is 21.3. The SMILES string of the molecule is Cc1nc(NC(C)c2ccc(-c3ccccc3CN(C)C)s2)c2cc(N3CC(NCc4ccccc4)C3)ncc2n1. The lowest BCUT2D eigenvalue weighted by molar-refractivity contribution is 0.403. The van der Waals surface area contributed by atoms with Gasteiger partial charge in [0.15, 0.2) is 0 Å². The van der Waals surface area contributed by atoms with Crippen LogP contribution in [0.15, 0.2) is 79.0 Å². The summed E-state index contributed by atoms with van der Waals surface area (Å²) in [5, 5.41) is 8.35. The third-order valence-corrected chi connectivity index (χ3v) is 8.80. The maximum Gasteiger partial charge on any atom is 0.138 e. The molecule has 2 N–H and O–H groups in total. The van der Waals surface area contributed by atoms with Crippen molar-refractivity contribution in [1.29, 1.82) is 0 Å². The summed E-state index contributed by atoms with van der Waals surface area (Å²) < 4.78 is 0. The molecule has 1 saturated heterocycles. The molecule has 3 aromatic heterocycles. The van der Waals surface area contributed by atoms with Crippen LogP contribution in [0, 0.1) is 6.92 Å². The fraction of sp³-hybridized carbons (Fsp3) is 0.303. The Morgan fingerprint density at radius 3 is 2.59 bits per heavy atom. The predicted octanol–water partition coefficient (Wildman–Crippen LogP) is 6.27. The molecule has 4 heterocycles. The molecule has 0 saturated carbocycles. The fourth-order valence-electron chi connectivity index (χ4n) is 5.32. The number of rotatable bonds is 10. The van der Waals surface area contributed by atoms with Crippen molar-refractivity contribution in [3.8, 4) is 10.4 Å². The number of thiophene rings is 1. The molecule has 0 radical (unpaired) electrons. The summed E-state index contributed by atoms with van der Waals surface area (Å²) in [7, 11) is 4.22. The van der Waals surface area contributed by atoms with E-state index in [0.717, 1.165) is 54.5 Å². The zero-order valence-electron chi connectivity index (χ0n) is 24.1. The van der Waals surface area contributed by atoms with Crippen molar-refractivity contribution in [3.63, 3.8) is 0 Å². The smallest absolute Gasteiger partial charge is 0.138 e. The Kier molecular flexibility index (Phi) is 7.96. The van der Waals surface area contributed by atoms with Crippen LogP contribution in [0.5, 0.6) is 0 Å². The number of anilines is 2.